The lowest BCUT2D eigenvalue weighted by atomic mass is 9.83. The van der Waals surface area contributed by atoms with Gasteiger partial charge in [0.15, 0.2) is 0 Å². The summed E-state index contributed by atoms with van der Waals surface area (Å²) >= 11 is 0. The van der Waals surface area contributed by atoms with Gasteiger partial charge in [0, 0.05) is 42.8 Å². The first-order chi connectivity index (χ1) is 24.9. The minimum Gasteiger partial charge on any atom is -0.350 e. The fourth-order valence-electron chi connectivity index (χ4n) is 7.78. The molecular weight excluding hydrogens is 660 g/mol. The van der Waals surface area contributed by atoms with Crippen molar-refractivity contribution in [1.82, 2.24) is 31.5 Å². The molecule has 2 saturated carbocycles. The third-order valence-corrected chi connectivity index (χ3v) is 11.4. The van der Waals surface area contributed by atoms with Crippen LogP contribution in [0, 0.1) is 28.6 Å². The monoisotopic (exact) mass is 720 g/mol. The molecule has 0 bridgehead atoms. The quantitative estimate of drug-likeness (QED) is 0.159. The van der Waals surface area contributed by atoms with E-state index < -0.39 is 35.4 Å². The van der Waals surface area contributed by atoms with Gasteiger partial charge in [-0.05, 0) is 96.4 Å². The molecule has 13 heteroatoms. The van der Waals surface area contributed by atoms with Gasteiger partial charge in [-0.15, -0.1) is 0 Å². The van der Waals surface area contributed by atoms with Crippen molar-refractivity contribution in [2.75, 3.05) is 26.7 Å². The van der Waals surface area contributed by atoms with Crippen LogP contribution in [0.25, 0.3) is 0 Å². The number of benzene rings is 1. The molecule has 2 aliphatic carbocycles. The van der Waals surface area contributed by atoms with Gasteiger partial charge in [0.1, 0.15) is 12.1 Å². The zero-order valence-corrected chi connectivity index (χ0v) is 31.5. The van der Waals surface area contributed by atoms with E-state index >= 15 is 0 Å². The summed E-state index contributed by atoms with van der Waals surface area (Å²) in [7, 11) is 1.63. The van der Waals surface area contributed by atoms with Crippen molar-refractivity contribution in [3.05, 3.63) is 35.4 Å². The minimum atomic E-state index is -1.22. The number of nitrogens with one attached hydrogen (secondary N) is 5. The highest BCUT2D eigenvalue weighted by molar-refractivity contribution is 6.00. The molecule has 3 fully saturated rings. The minimum absolute atomic E-state index is 0.101. The van der Waals surface area contributed by atoms with Crippen LogP contribution in [0.5, 0.6) is 0 Å². The lowest BCUT2D eigenvalue weighted by Crippen LogP contribution is -2.60. The Balaban J connectivity index is 1.41. The van der Waals surface area contributed by atoms with E-state index in [0.717, 1.165) is 44.9 Å². The van der Waals surface area contributed by atoms with Gasteiger partial charge in [-0.2, -0.15) is 5.26 Å². The number of hydrogen-bond donors (Lipinski definition) is 6. The van der Waals surface area contributed by atoms with Gasteiger partial charge in [-0.1, -0.05) is 44.6 Å². The van der Waals surface area contributed by atoms with Gasteiger partial charge in [0.25, 0.3) is 11.8 Å². The Morgan fingerprint density at radius 3 is 2.02 bits per heavy atom. The lowest BCUT2D eigenvalue weighted by Gasteiger charge is -2.36. The summed E-state index contributed by atoms with van der Waals surface area (Å²) in [5.74, 6) is -1.28. The molecule has 1 aromatic rings. The molecule has 13 nitrogen and oxygen atoms in total. The van der Waals surface area contributed by atoms with Gasteiger partial charge in [0.2, 0.25) is 17.7 Å². The average Bonchev–Trinajstić information content (AvgIpc) is 3.67. The highest BCUT2D eigenvalue weighted by Crippen LogP contribution is 2.29. The van der Waals surface area contributed by atoms with E-state index in [1.807, 2.05) is 0 Å². The van der Waals surface area contributed by atoms with Gasteiger partial charge in [0.05, 0.1) is 17.5 Å². The number of likely N-dealkylation sites (N-methyl/N-ethyl adjacent to an activating group) is 1. The van der Waals surface area contributed by atoms with Crippen LogP contribution in [0.3, 0.4) is 0 Å². The summed E-state index contributed by atoms with van der Waals surface area (Å²) in [5, 5.41) is 24.6. The molecule has 0 spiro atoms. The Kier molecular flexibility index (Phi) is 15.0. The molecule has 0 aromatic heterocycles. The maximum atomic E-state index is 14.0. The second kappa shape index (κ2) is 19.2. The molecular formula is C39H60N8O5. The van der Waals surface area contributed by atoms with E-state index in [0.29, 0.717) is 43.0 Å². The number of nitrogens with zero attached hydrogens (tertiary/aromatic N) is 2. The van der Waals surface area contributed by atoms with Crippen LogP contribution >= 0.6 is 0 Å². The molecule has 0 unspecified atom stereocenters. The first-order valence-corrected chi connectivity index (χ1v) is 19.3. The highest BCUT2D eigenvalue weighted by Gasteiger charge is 2.44. The Bertz CT molecular complexity index is 1450. The Morgan fingerprint density at radius 2 is 1.44 bits per heavy atom. The number of carbonyl (C=O) groups excluding carboxylic acids is 5. The van der Waals surface area contributed by atoms with E-state index in [-0.39, 0.29) is 42.3 Å². The Morgan fingerprint density at radius 1 is 0.865 bits per heavy atom. The van der Waals surface area contributed by atoms with Crippen LogP contribution in [-0.4, -0.2) is 91.3 Å². The lowest BCUT2D eigenvalue weighted by molar-refractivity contribution is -0.143. The van der Waals surface area contributed by atoms with Crippen LogP contribution in [0.4, 0.5) is 0 Å². The second-order valence-electron chi connectivity index (χ2n) is 15.6. The predicted octanol–water partition coefficient (Wildman–Crippen LogP) is 2.75. The summed E-state index contributed by atoms with van der Waals surface area (Å²) < 4.78 is 0. The Hall–Kier alpha value is -4.02. The molecule has 1 saturated heterocycles. The number of likely N-dealkylation sites (tertiary alicyclic amines) is 1. The van der Waals surface area contributed by atoms with Gasteiger partial charge in [-0.25, -0.2) is 0 Å². The fourth-order valence-corrected chi connectivity index (χ4v) is 7.78. The van der Waals surface area contributed by atoms with E-state index in [4.69, 9.17) is 5.73 Å². The number of nitriles is 1. The second-order valence-corrected chi connectivity index (χ2v) is 15.6. The summed E-state index contributed by atoms with van der Waals surface area (Å²) in [5.41, 5.74) is 5.88. The molecule has 5 atom stereocenters. The zero-order valence-electron chi connectivity index (χ0n) is 31.5. The van der Waals surface area contributed by atoms with E-state index in [1.165, 1.54) is 24.2 Å². The van der Waals surface area contributed by atoms with E-state index in [1.54, 1.807) is 52.1 Å². The summed E-state index contributed by atoms with van der Waals surface area (Å²) in [4.78, 5) is 68.6. The van der Waals surface area contributed by atoms with Crippen molar-refractivity contribution in [3.63, 3.8) is 0 Å². The van der Waals surface area contributed by atoms with Crippen molar-refractivity contribution in [3.8, 4) is 6.07 Å². The van der Waals surface area contributed by atoms with Crippen LogP contribution in [-0.2, 0) is 14.4 Å². The third-order valence-electron chi connectivity index (χ3n) is 11.4. The van der Waals surface area contributed by atoms with E-state index in [2.05, 4.69) is 32.7 Å². The number of nitrogens with two attached hydrogens (primary N) is 1. The number of rotatable bonds is 15. The molecule has 0 radical (unpaired) electrons. The number of amides is 5. The predicted molar refractivity (Wildman–Crippen MR) is 199 cm³/mol. The first kappa shape index (κ1) is 40.7. The van der Waals surface area contributed by atoms with Crippen molar-refractivity contribution < 1.29 is 24.0 Å². The topological polar surface area (TPSA) is 199 Å². The molecule has 1 aromatic carbocycles. The smallest absolute Gasteiger partial charge is 0.251 e. The molecule has 52 heavy (non-hydrogen) atoms. The van der Waals surface area contributed by atoms with Crippen LogP contribution in [0.1, 0.15) is 119 Å². The van der Waals surface area contributed by atoms with Crippen molar-refractivity contribution >= 4 is 29.5 Å². The molecule has 5 amide bonds. The van der Waals surface area contributed by atoms with Crippen molar-refractivity contribution in [2.45, 2.75) is 128 Å². The molecule has 4 rings (SSSR count). The molecule has 7 N–H and O–H groups in total. The van der Waals surface area contributed by atoms with Crippen molar-refractivity contribution in [2.24, 2.45) is 23.0 Å². The van der Waals surface area contributed by atoms with Gasteiger partial charge in [-0.3, -0.25) is 24.0 Å². The summed E-state index contributed by atoms with van der Waals surface area (Å²) in [6, 6.07) is 5.77. The zero-order chi connectivity index (χ0) is 37.8. The standard InChI is InChI=1S/C39H60N8O5/c1-25(42-4)34(48)46-33(39(2,3)24-40)38(52)47-20-12-19-32(47)37(51)45-31(27-15-9-6-10-16-27)23-44-36(50)29-18-11-17-28(21-29)35(49)43-22-30(41)26-13-7-5-8-14-26/h11,17-18,21,25-27,30-33,42H,5-10,12-16,19-20,22-23,41H2,1-4H3,(H,43,49)(H,44,50)(H,45,51)(H,46,48)/t25-,30+,31+,32-,33+/m0/s1. The maximum absolute atomic E-state index is 14.0. The van der Waals surface area contributed by atoms with Gasteiger partial charge >= 0.3 is 0 Å². The van der Waals surface area contributed by atoms with E-state index in [9.17, 15) is 29.2 Å². The highest BCUT2D eigenvalue weighted by atomic mass is 16.2. The normalized spacial score (nSPS) is 20.8. The van der Waals surface area contributed by atoms with Crippen molar-refractivity contribution in [1.29, 1.82) is 5.26 Å². The summed E-state index contributed by atoms with van der Waals surface area (Å²) in [6.07, 6.45) is 11.8. The Labute approximate surface area is 309 Å². The first-order valence-electron chi connectivity index (χ1n) is 19.3. The number of hydrogen-bond acceptors (Lipinski definition) is 8. The SMILES string of the molecule is CN[C@@H](C)C(=O)N[C@H](C(=O)N1CCC[C@H]1C(=O)N[C@H](CNC(=O)c1cccc(C(=O)NC[C@@H](N)C2CCCCC2)c1)C1CCCCC1)C(C)(C)C#N. The number of carbonyl (C=O) groups is 5. The van der Waals surface area contributed by atoms with Crippen LogP contribution in [0.2, 0.25) is 0 Å². The average molecular weight is 721 g/mol. The molecule has 1 heterocycles. The molecule has 3 aliphatic rings. The fraction of sp³-hybridized carbons (Fsp3) is 0.692. The molecule has 286 valence electrons. The summed E-state index contributed by atoms with van der Waals surface area (Å²) in [6.45, 7) is 5.76. The third kappa shape index (κ3) is 10.8. The van der Waals surface area contributed by atoms with Crippen LogP contribution in [0.15, 0.2) is 24.3 Å². The largest absolute Gasteiger partial charge is 0.350 e. The van der Waals surface area contributed by atoms with Gasteiger partial charge < -0.3 is 37.2 Å². The maximum Gasteiger partial charge on any atom is 0.251 e. The van der Waals surface area contributed by atoms with Crippen LogP contribution < -0.4 is 32.3 Å². The molecule has 1 aliphatic heterocycles.